The van der Waals surface area contributed by atoms with E-state index in [0.29, 0.717) is 43.1 Å². The summed E-state index contributed by atoms with van der Waals surface area (Å²) in [6.45, 7) is 0.741. The van der Waals surface area contributed by atoms with Gasteiger partial charge in [-0.25, -0.2) is 4.39 Å². The lowest BCUT2D eigenvalue weighted by molar-refractivity contribution is -0.125. The van der Waals surface area contributed by atoms with Gasteiger partial charge in [0.05, 0.1) is 23.8 Å². The third kappa shape index (κ3) is 3.26. The smallest absolute Gasteiger partial charge is 0.235 e. The van der Waals surface area contributed by atoms with Gasteiger partial charge in [-0.05, 0) is 37.1 Å². The van der Waals surface area contributed by atoms with E-state index in [-0.39, 0.29) is 11.5 Å². The molecule has 0 bridgehead atoms. The molecule has 1 heterocycles. The lowest BCUT2D eigenvalue weighted by atomic mass is 9.73. The molecule has 0 aromatic heterocycles. The Balaban J connectivity index is 1.98. The first kappa shape index (κ1) is 17.9. The number of amides is 1. The van der Waals surface area contributed by atoms with Crippen LogP contribution in [0.3, 0.4) is 0 Å². The number of nitrogens with one attached hydrogen (secondary N) is 1. The third-order valence-electron chi connectivity index (χ3n) is 4.77. The van der Waals surface area contributed by atoms with Gasteiger partial charge in [0.15, 0.2) is 0 Å². The summed E-state index contributed by atoms with van der Waals surface area (Å²) in [6.07, 6.45) is 0.746. The standard InChI is InChI=1S/C20H19FN2O3/c1-25-15-6-7-18(14(12-15)13-22)23-19(24)20(8-10-26-11-9-20)16-4-2-3-5-17(16)21/h2-7,12H,8-11H2,1H3,(H,23,24). The van der Waals surface area contributed by atoms with Gasteiger partial charge >= 0.3 is 0 Å². The highest BCUT2D eigenvalue weighted by molar-refractivity contribution is 6.00. The van der Waals surface area contributed by atoms with E-state index < -0.39 is 11.2 Å². The summed E-state index contributed by atoms with van der Waals surface area (Å²) >= 11 is 0. The highest BCUT2D eigenvalue weighted by Gasteiger charge is 2.43. The van der Waals surface area contributed by atoms with E-state index in [4.69, 9.17) is 9.47 Å². The molecule has 3 rings (SSSR count). The summed E-state index contributed by atoms with van der Waals surface area (Å²) in [5.41, 5.74) is -0.0160. The highest BCUT2D eigenvalue weighted by Crippen LogP contribution is 2.38. The minimum atomic E-state index is -1.03. The number of carbonyl (C=O) groups excluding carboxylic acids is 1. The Labute approximate surface area is 151 Å². The third-order valence-corrected chi connectivity index (χ3v) is 4.77. The molecule has 1 amide bonds. The van der Waals surface area contributed by atoms with Crippen LogP contribution in [0.1, 0.15) is 24.0 Å². The Morgan fingerprint density at radius 2 is 2.00 bits per heavy atom. The van der Waals surface area contributed by atoms with Gasteiger partial charge in [0.1, 0.15) is 17.6 Å². The number of hydrogen-bond acceptors (Lipinski definition) is 4. The fraction of sp³-hybridized carbons (Fsp3) is 0.300. The van der Waals surface area contributed by atoms with Crippen molar-refractivity contribution in [2.45, 2.75) is 18.3 Å². The maximum absolute atomic E-state index is 14.5. The van der Waals surface area contributed by atoms with E-state index in [2.05, 4.69) is 5.32 Å². The van der Waals surface area contributed by atoms with Crippen molar-refractivity contribution in [1.82, 2.24) is 0 Å². The number of nitriles is 1. The zero-order valence-electron chi connectivity index (χ0n) is 14.4. The molecule has 0 spiro atoms. The molecule has 5 nitrogen and oxygen atoms in total. The number of nitrogens with zero attached hydrogens (tertiary/aromatic N) is 1. The summed E-state index contributed by atoms with van der Waals surface area (Å²) in [6, 6.07) is 13.2. The van der Waals surface area contributed by atoms with Crippen molar-refractivity contribution < 1.29 is 18.7 Å². The Morgan fingerprint density at radius 1 is 1.27 bits per heavy atom. The molecule has 2 aromatic carbocycles. The first-order valence-corrected chi connectivity index (χ1v) is 8.33. The van der Waals surface area contributed by atoms with Crippen LogP contribution in [0, 0.1) is 17.1 Å². The Bertz CT molecular complexity index is 854. The summed E-state index contributed by atoms with van der Waals surface area (Å²) in [5.74, 6) is -0.234. The van der Waals surface area contributed by atoms with E-state index >= 15 is 0 Å². The summed E-state index contributed by atoms with van der Waals surface area (Å²) in [4.78, 5) is 13.2. The van der Waals surface area contributed by atoms with Gasteiger partial charge in [0.25, 0.3) is 0 Å². The van der Waals surface area contributed by atoms with Crippen LogP contribution >= 0.6 is 0 Å². The fourth-order valence-electron chi connectivity index (χ4n) is 3.28. The lowest BCUT2D eigenvalue weighted by Gasteiger charge is -2.36. The lowest BCUT2D eigenvalue weighted by Crippen LogP contribution is -2.45. The molecule has 0 unspecified atom stereocenters. The van der Waals surface area contributed by atoms with Crippen LogP contribution in [-0.2, 0) is 14.9 Å². The maximum atomic E-state index is 14.5. The van der Waals surface area contributed by atoms with Crippen molar-refractivity contribution >= 4 is 11.6 Å². The minimum Gasteiger partial charge on any atom is -0.497 e. The molecular formula is C20H19FN2O3. The Kier molecular flexibility index (Phi) is 5.19. The minimum absolute atomic E-state index is 0.286. The molecule has 1 fully saturated rings. The number of benzene rings is 2. The average molecular weight is 354 g/mol. The molecule has 6 heteroatoms. The molecule has 1 aliphatic rings. The van der Waals surface area contributed by atoms with E-state index in [1.54, 1.807) is 36.4 Å². The van der Waals surface area contributed by atoms with Gasteiger partial charge in [0.2, 0.25) is 5.91 Å². The highest BCUT2D eigenvalue weighted by atomic mass is 19.1. The number of carbonyl (C=O) groups is 1. The summed E-state index contributed by atoms with van der Waals surface area (Å²) < 4.78 is 25.0. The van der Waals surface area contributed by atoms with Gasteiger partial charge in [0, 0.05) is 18.8 Å². The van der Waals surface area contributed by atoms with Crippen LogP contribution in [0.25, 0.3) is 0 Å². The second kappa shape index (κ2) is 7.54. The molecule has 2 aromatic rings. The van der Waals surface area contributed by atoms with Crippen LogP contribution in [-0.4, -0.2) is 26.2 Å². The zero-order chi connectivity index (χ0) is 18.6. The summed E-state index contributed by atoms with van der Waals surface area (Å²) in [7, 11) is 1.50. The van der Waals surface area contributed by atoms with Crippen molar-refractivity contribution in [2.75, 3.05) is 25.6 Å². The second-order valence-corrected chi connectivity index (χ2v) is 6.15. The first-order valence-electron chi connectivity index (χ1n) is 8.33. The zero-order valence-corrected chi connectivity index (χ0v) is 14.4. The molecule has 134 valence electrons. The average Bonchev–Trinajstić information content (AvgIpc) is 2.69. The maximum Gasteiger partial charge on any atom is 0.235 e. The molecule has 0 radical (unpaired) electrons. The first-order chi connectivity index (χ1) is 12.6. The van der Waals surface area contributed by atoms with Crippen LogP contribution in [0.2, 0.25) is 0 Å². The van der Waals surface area contributed by atoms with Gasteiger partial charge in [-0.1, -0.05) is 18.2 Å². The van der Waals surface area contributed by atoms with E-state index in [1.165, 1.54) is 13.2 Å². The van der Waals surface area contributed by atoms with Crippen molar-refractivity contribution in [3.63, 3.8) is 0 Å². The van der Waals surface area contributed by atoms with Crippen LogP contribution in [0.15, 0.2) is 42.5 Å². The Hall–Kier alpha value is -2.91. The largest absolute Gasteiger partial charge is 0.497 e. The molecular weight excluding hydrogens is 335 g/mol. The van der Waals surface area contributed by atoms with Crippen molar-refractivity contribution in [3.05, 3.63) is 59.4 Å². The topological polar surface area (TPSA) is 71.3 Å². The molecule has 26 heavy (non-hydrogen) atoms. The second-order valence-electron chi connectivity index (χ2n) is 6.15. The van der Waals surface area contributed by atoms with Crippen LogP contribution in [0.4, 0.5) is 10.1 Å². The number of methoxy groups -OCH3 is 1. The summed E-state index contributed by atoms with van der Waals surface area (Å²) in [5, 5.41) is 12.2. The molecule has 0 saturated carbocycles. The predicted molar refractivity (Wildman–Crippen MR) is 94.5 cm³/mol. The van der Waals surface area contributed by atoms with Gasteiger partial charge in [-0.15, -0.1) is 0 Å². The molecule has 1 N–H and O–H groups in total. The SMILES string of the molecule is COc1ccc(NC(=O)C2(c3ccccc3F)CCOCC2)c(C#N)c1. The Morgan fingerprint density at radius 3 is 2.65 bits per heavy atom. The molecule has 1 saturated heterocycles. The number of halogens is 1. The number of ether oxygens (including phenoxy) is 2. The molecule has 1 aliphatic heterocycles. The van der Waals surface area contributed by atoms with Gasteiger partial charge < -0.3 is 14.8 Å². The predicted octanol–water partition coefficient (Wildman–Crippen LogP) is 3.39. The molecule has 0 aliphatic carbocycles. The number of rotatable bonds is 4. The molecule has 0 atom stereocenters. The van der Waals surface area contributed by atoms with Crippen molar-refractivity contribution in [3.8, 4) is 11.8 Å². The quantitative estimate of drug-likeness (QED) is 0.913. The number of hydrogen-bond donors (Lipinski definition) is 1. The van der Waals surface area contributed by atoms with Crippen LogP contribution in [0.5, 0.6) is 5.75 Å². The van der Waals surface area contributed by atoms with E-state index in [0.717, 1.165) is 0 Å². The fourth-order valence-corrected chi connectivity index (χ4v) is 3.28. The van der Waals surface area contributed by atoms with E-state index in [1.807, 2.05) is 6.07 Å². The van der Waals surface area contributed by atoms with E-state index in [9.17, 15) is 14.4 Å². The monoisotopic (exact) mass is 354 g/mol. The van der Waals surface area contributed by atoms with Crippen molar-refractivity contribution in [2.24, 2.45) is 0 Å². The van der Waals surface area contributed by atoms with Crippen LogP contribution < -0.4 is 10.1 Å². The number of anilines is 1. The van der Waals surface area contributed by atoms with Gasteiger partial charge in [-0.3, -0.25) is 4.79 Å². The van der Waals surface area contributed by atoms with Crippen molar-refractivity contribution in [1.29, 1.82) is 5.26 Å². The van der Waals surface area contributed by atoms with Gasteiger partial charge in [-0.2, -0.15) is 5.26 Å². The normalized spacial score (nSPS) is 15.7.